The highest BCUT2D eigenvalue weighted by molar-refractivity contribution is 5.82. The van der Waals surface area contributed by atoms with Crippen LogP contribution in [-0.4, -0.2) is 47.7 Å². The van der Waals surface area contributed by atoms with Crippen molar-refractivity contribution in [1.82, 2.24) is 10.2 Å². The van der Waals surface area contributed by atoms with Crippen molar-refractivity contribution in [2.75, 3.05) is 13.1 Å². The monoisotopic (exact) mass is 313 g/mol. The number of amides is 2. The summed E-state index contributed by atoms with van der Waals surface area (Å²) in [5.74, 6) is 0.0829. The lowest BCUT2D eigenvalue weighted by molar-refractivity contribution is -0.137. The number of alkyl carbamates (subject to hydrolysis) is 1. The van der Waals surface area contributed by atoms with Gasteiger partial charge >= 0.3 is 6.09 Å². The quantitative estimate of drug-likeness (QED) is 0.830. The first kappa shape index (κ1) is 18.7. The highest BCUT2D eigenvalue weighted by Gasteiger charge is 2.31. The molecule has 2 atom stereocenters. The summed E-state index contributed by atoms with van der Waals surface area (Å²) in [5.41, 5.74) is 5.47. The topological polar surface area (TPSA) is 84.7 Å². The predicted octanol–water partition coefficient (Wildman–Crippen LogP) is 1.88. The molecule has 0 spiro atoms. The van der Waals surface area contributed by atoms with Gasteiger partial charge in [-0.1, -0.05) is 13.8 Å². The molecule has 1 fully saturated rings. The summed E-state index contributed by atoms with van der Waals surface area (Å²) in [6.45, 7) is 10.5. The number of likely N-dealkylation sites (tertiary alicyclic amines) is 1. The first-order valence-electron chi connectivity index (χ1n) is 8.14. The van der Waals surface area contributed by atoms with E-state index in [4.69, 9.17) is 10.5 Å². The van der Waals surface area contributed by atoms with Crippen LogP contribution in [0.25, 0.3) is 0 Å². The minimum Gasteiger partial charge on any atom is -0.444 e. The van der Waals surface area contributed by atoms with Gasteiger partial charge in [-0.2, -0.15) is 0 Å². The normalized spacial score (nSPS) is 20.7. The Hall–Kier alpha value is -1.30. The first-order valence-corrected chi connectivity index (χ1v) is 8.14. The molecule has 22 heavy (non-hydrogen) atoms. The van der Waals surface area contributed by atoms with Crippen molar-refractivity contribution < 1.29 is 14.3 Å². The van der Waals surface area contributed by atoms with Crippen LogP contribution in [0, 0.1) is 5.92 Å². The van der Waals surface area contributed by atoms with Crippen molar-refractivity contribution in [2.45, 2.75) is 71.6 Å². The number of carbonyl (C=O) groups excluding carboxylic acids is 2. The van der Waals surface area contributed by atoms with E-state index in [-0.39, 0.29) is 17.9 Å². The molecule has 6 heteroatoms. The number of nitrogens with zero attached hydrogens (tertiary/aromatic N) is 1. The van der Waals surface area contributed by atoms with Crippen LogP contribution in [0.4, 0.5) is 4.79 Å². The van der Waals surface area contributed by atoms with Gasteiger partial charge in [-0.05, 0) is 46.0 Å². The molecule has 0 unspecified atom stereocenters. The van der Waals surface area contributed by atoms with E-state index in [9.17, 15) is 9.59 Å². The number of nitrogens with two attached hydrogens (primary N) is 1. The lowest BCUT2D eigenvalue weighted by Crippen LogP contribution is -2.55. The van der Waals surface area contributed by atoms with Gasteiger partial charge in [-0.25, -0.2) is 4.79 Å². The summed E-state index contributed by atoms with van der Waals surface area (Å²) in [6, 6.07) is -0.485. The second kappa shape index (κ2) is 7.81. The molecule has 0 aromatic rings. The van der Waals surface area contributed by atoms with E-state index in [0.717, 1.165) is 19.3 Å². The summed E-state index contributed by atoms with van der Waals surface area (Å²) < 4.78 is 5.23. The van der Waals surface area contributed by atoms with Gasteiger partial charge in [-0.15, -0.1) is 0 Å². The Morgan fingerprint density at radius 1 is 1.32 bits per heavy atom. The minimum absolute atomic E-state index is 0.00133. The number of ether oxygens (including phenoxy) is 1. The molecular formula is C16H31N3O3. The van der Waals surface area contributed by atoms with E-state index in [2.05, 4.69) is 5.32 Å². The summed E-state index contributed by atoms with van der Waals surface area (Å²) in [7, 11) is 0. The largest absolute Gasteiger partial charge is 0.444 e. The van der Waals surface area contributed by atoms with Crippen LogP contribution in [0.15, 0.2) is 0 Å². The summed E-state index contributed by atoms with van der Waals surface area (Å²) >= 11 is 0. The van der Waals surface area contributed by atoms with Crippen LogP contribution in [-0.2, 0) is 9.53 Å². The highest BCUT2D eigenvalue weighted by atomic mass is 16.6. The van der Waals surface area contributed by atoms with E-state index < -0.39 is 17.7 Å². The molecule has 0 aliphatic carbocycles. The lowest BCUT2D eigenvalue weighted by atomic mass is 9.98. The number of piperidine rings is 1. The SMILES string of the molecule is CC(C)[C@H](N)C(=O)N1CCCC[C@H]1CNC(=O)OC(C)(C)C. The van der Waals surface area contributed by atoms with Gasteiger partial charge in [0.1, 0.15) is 5.60 Å². The molecule has 3 N–H and O–H groups in total. The van der Waals surface area contributed by atoms with Gasteiger partial charge in [0.05, 0.1) is 6.04 Å². The van der Waals surface area contributed by atoms with Gasteiger partial charge < -0.3 is 20.7 Å². The highest BCUT2D eigenvalue weighted by Crippen LogP contribution is 2.19. The zero-order chi connectivity index (χ0) is 16.9. The molecule has 1 rings (SSSR count). The molecule has 0 bridgehead atoms. The summed E-state index contributed by atoms with van der Waals surface area (Å²) in [6.07, 6.45) is 2.48. The Morgan fingerprint density at radius 3 is 2.50 bits per heavy atom. The Labute approximate surface area is 133 Å². The van der Waals surface area contributed by atoms with Gasteiger partial charge in [0.15, 0.2) is 0 Å². The van der Waals surface area contributed by atoms with E-state index in [0.29, 0.717) is 13.1 Å². The minimum atomic E-state index is -0.522. The molecule has 1 aliphatic heterocycles. The van der Waals surface area contributed by atoms with Crippen LogP contribution in [0.2, 0.25) is 0 Å². The van der Waals surface area contributed by atoms with Gasteiger partial charge in [0.2, 0.25) is 5.91 Å². The summed E-state index contributed by atoms with van der Waals surface area (Å²) in [4.78, 5) is 26.1. The molecule has 0 saturated carbocycles. The zero-order valence-corrected chi connectivity index (χ0v) is 14.5. The molecule has 6 nitrogen and oxygen atoms in total. The van der Waals surface area contributed by atoms with Crippen molar-refractivity contribution in [2.24, 2.45) is 11.7 Å². The van der Waals surface area contributed by atoms with Crippen molar-refractivity contribution in [3.8, 4) is 0 Å². The van der Waals surface area contributed by atoms with Crippen molar-refractivity contribution in [3.05, 3.63) is 0 Å². The van der Waals surface area contributed by atoms with Crippen LogP contribution >= 0.6 is 0 Å². The van der Waals surface area contributed by atoms with E-state index >= 15 is 0 Å². The Bertz CT molecular complexity index is 391. The van der Waals surface area contributed by atoms with Gasteiger partial charge in [-0.3, -0.25) is 4.79 Å². The van der Waals surface area contributed by atoms with Gasteiger partial charge in [0, 0.05) is 19.1 Å². The fourth-order valence-electron chi connectivity index (χ4n) is 2.49. The van der Waals surface area contributed by atoms with Crippen molar-refractivity contribution >= 4 is 12.0 Å². The van der Waals surface area contributed by atoms with Crippen LogP contribution in [0.3, 0.4) is 0 Å². The first-order chi connectivity index (χ1) is 10.1. The second-order valence-electron chi connectivity index (χ2n) is 7.33. The average Bonchev–Trinajstić information content (AvgIpc) is 2.42. The maximum absolute atomic E-state index is 12.5. The fourth-order valence-corrected chi connectivity index (χ4v) is 2.49. The molecule has 1 heterocycles. The van der Waals surface area contributed by atoms with E-state index in [1.807, 2.05) is 39.5 Å². The van der Waals surface area contributed by atoms with Crippen LogP contribution in [0.1, 0.15) is 53.9 Å². The van der Waals surface area contributed by atoms with Crippen LogP contribution < -0.4 is 11.1 Å². The fraction of sp³-hybridized carbons (Fsp3) is 0.875. The smallest absolute Gasteiger partial charge is 0.407 e. The third-order valence-electron chi connectivity index (χ3n) is 3.79. The van der Waals surface area contributed by atoms with E-state index in [1.165, 1.54) is 0 Å². The maximum atomic E-state index is 12.5. The molecule has 0 aromatic heterocycles. The Morgan fingerprint density at radius 2 is 1.95 bits per heavy atom. The predicted molar refractivity (Wildman–Crippen MR) is 86.4 cm³/mol. The van der Waals surface area contributed by atoms with Crippen molar-refractivity contribution in [1.29, 1.82) is 0 Å². The Kier molecular flexibility index (Phi) is 6.66. The van der Waals surface area contributed by atoms with Crippen LogP contribution in [0.5, 0.6) is 0 Å². The molecular weight excluding hydrogens is 282 g/mol. The Balaban J connectivity index is 2.59. The third-order valence-corrected chi connectivity index (χ3v) is 3.79. The lowest BCUT2D eigenvalue weighted by Gasteiger charge is -2.38. The van der Waals surface area contributed by atoms with E-state index in [1.54, 1.807) is 0 Å². The third kappa shape index (κ3) is 5.83. The summed E-state index contributed by atoms with van der Waals surface area (Å²) in [5, 5.41) is 2.77. The number of hydrogen-bond acceptors (Lipinski definition) is 4. The molecule has 128 valence electrons. The molecule has 0 radical (unpaired) electrons. The maximum Gasteiger partial charge on any atom is 0.407 e. The second-order valence-corrected chi connectivity index (χ2v) is 7.33. The molecule has 2 amide bonds. The standard InChI is InChI=1S/C16H31N3O3/c1-11(2)13(17)14(20)19-9-7-6-8-12(19)10-18-15(21)22-16(3,4)5/h11-13H,6-10,17H2,1-5H3,(H,18,21)/t12-,13-/m0/s1. The number of carbonyl (C=O) groups is 2. The van der Waals surface area contributed by atoms with Gasteiger partial charge in [0.25, 0.3) is 0 Å². The molecule has 0 aromatic carbocycles. The number of hydrogen-bond donors (Lipinski definition) is 2. The zero-order valence-electron chi connectivity index (χ0n) is 14.5. The average molecular weight is 313 g/mol. The molecule has 1 aliphatic rings. The molecule has 1 saturated heterocycles. The van der Waals surface area contributed by atoms with Crippen molar-refractivity contribution in [3.63, 3.8) is 0 Å². The number of rotatable bonds is 4. The number of nitrogens with one attached hydrogen (secondary N) is 1.